The van der Waals surface area contributed by atoms with Gasteiger partial charge in [-0.1, -0.05) is 33.6 Å². The summed E-state index contributed by atoms with van der Waals surface area (Å²) < 4.78 is 0.927. The summed E-state index contributed by atoms with van der Waals surface area (Å²) in [4.78, 5) is 0. The third kappa shape index (κ3) is 4.39. The molecule has 0 aliphatic rings. The van der Waals surface area contributed by atoms with Crippen molar-refractivity contribution in [2.45, 2.75) is 19.1 Å². The molecule has 0 saturated heterocycles. The molecule has 3 nitrogen and oxygen atoms in total. The SMILES string of the molecule is CC(O)(CO)CNCc1ccc(Cl)cc1Br. The lowest BCUT2D eigenvalue weighted by atomic mass is 10.1. The van der Waals surface area contributed by atoms with E-state index in [0.717, 1.165) is 10.0 Å². The van der Waals surface area contributed by atoms with Crippen molar-refractivity contribution in [3.8, 4) is 0 Å². The molecule has 0 heterocycles. The molecule has 0 aliphatic heterocycles. The van der Waals surface area contributed by atoms with Crippen molar-refractivity contribution in [2.24, 2.45) is 0 Å². The second-order valence-electron chi connectivity index (χ2n) is 3.99. The Balaban J connectivity index is 2.49. The molecule has 90 valence electrons. The normalized spacial score (nSPS) is 14.8. The quantitative estimate of drug-likeness (QED) is 0.779. The Labute approximate surface area is 109 Å². The van der Waals surface area contributed by atoms with E-state index in [0.29, 0.717) is 18.1 Å². The summed E-state index contributed by atoms with van der Waals surface area (Å²) in [5.41, 5.74) is -0.0306. The highest BCUT2D eigenvalue weighted by molar-refractivity contribution is 9.10. The van der Waals surface area contributed by atoms with Gasteiger partial charge in [-0.25, -0.2) is 0 Å². The maximum atomic E-state index is 9.57. The fourth-order valence-corrected chi connectivity index (χ4v) is 2.01. The van der Waals surface area contributed by atoms with E-state index < -0.39 is 5.60 Å². The summed E-state index contributed by atoms with van der Waals surface area (Å²) in [6, 6.07) is 5.54. The van der Waals surface area contributed by atoms with Crippen molar-refractivity contribution in [3.05, 3.63) is 33.3 Å². The van der Waals surface area contributed by atoms with Crippen molar-refractivity contribution in [3.63, 3.8) is 0 Å². The molecule has 0 aromatic heterocycles. The van der Waals surface area contributed by atoms with Crippen molar-refractivity contribution >= 4 is 27.5 Å². The second-order valence-corrected chi connectivity index (χ2v) is 5.29. The third-order valence-electron chi connectivity index (χ3n) is 2.18. The third-order valence-corrected chi connectivity index (χ3v) is 3.15. The molecule has 0 aliphatic carbocycles. The summed E-state index contributed by atoms with van der Waals surface area (Å²) in [7, 11) is 0. The van der Waals surface area contributed by atoms with Gasteiger partial charge in [0.05, 0.1) is 12.2 Å². The minimum atomic E-state index is -1.08. The Morgan fingerprint density at radius 3 is 2.75 bits per heavy atom. The van der Waals surface area contributed by atoms with Gasteiger partial charge >= 0.3 is 0 Å². The maximum Gasteiger partial charge on any atom is 0.0972 e. The Kier molecular flexibility index (Phi) is 5.21. The van der Waals surface area contributed by atoms with Gasteiger partial charge in [0.25, 0.3) is 0 Å². The molecule has 0 bridgehead atoms. The Morgan fingerprint density at radius 1 is 1.50 bits per heavy atom. The van der Waals surface area contributed by atoms with Crippen LogP contribution >= 0.6 is 27.5 Å². The molecule has 0 saturated carbocycles. The Morgan fingerprint density at radius 2 is 2.19 bits per heavy atom. The number of benzene rings is 1. The topological polar surface area (TPSA) is 52.5 Å². The standard InChI is InChI=1S/C11H15BrClNO2/c1-11(16,7-15)6-14-5-8-2-3-9(13)4-10(8)12/h2-4,14-16H,5-7H2,1H3. The molecule has 0 radical (unpaired) electrons. The van der Waals surface area contributed by atoms with Gasteiger partial charge in [-0.15, -0.1) is 0 Å². The van der Waals surface area contributed by atoms with Gasteiger partial charge in [0.2, 0.25) is 0 Å². The van der Waals surface area contributed by atoms with Crippen molar-refractivity contribution in [1.82, 2.24) is 5.32 Å². The minimum absolute atomic E-state index is 0.262. The molecule has 1 rings (SSSR count). The first-order valence-electron chi connectivity index (χ1n) is 4.92. The molecule has 1 unspecified atom stereocenters. The van der Waals surface area contributed by atoms with E-state index in [-0.39, 0.29) is 6.61 Å². The Hall–Kier alpha value is -0.130. The van der Waals surface area contributed by atoms with Crippen LogP contribution in [0.15, 0.2) is 22.7 Å². The van der Waals surface area contributed by atoms with Gasteiger partial charge in [-0.2, -0.15) is 0 Å². The smallest absolute Gasteiger partial charge is 0.0972 e. The number of nitrogens with one attached hydrogen (secondary N) is 1. The molecule has 16 heavy (non-hydrogen) atoms. The van der Waals surface area contributed by atoms with Crippen LogP contribution in [0.3, 0.4) is 0 Å². The van der Waals surface area contributed by atoms with Crippen LogP contribution in [-0.2, 0) is 6.54 Å². The van der Waals surface area contributed by atoms with Gasteiger partial charge in [0.1, 0.15) is 0 Å². The summed E-state index contributed by atoms with van der Waals surface area (Å²) in [5, 5.41) is 22.2. The van der Waals surface area contributed by atoms with Crippen LogP contribution in [-0.4, -0.2) is 29.0 Å². The molecule has 1 aromatic carbocycles. The van der Waals surface area contributed by atoms with Crippen molar-refractivity contribution in [2.75, 3.05) is 13.2 Å². The minimum Gasteiger partial charge on any atom is -0.393 e. The molecule has 0 spiro atoms. The number of hydrogen-bond acceptors (Lipinski definition) is 3. The van der Waals surface area contributed by atoms with E-state index in [1.54, 1.807) is 6.92 Å². The van der Waals surface area contributed by atoms with Crippen LogP contribution in [0.5, 0.6) is 0 Å². The van der Waals surface area contributed by atoms with Crippen LogP contribution in [0, 0.1) is 0 Å². The zero-order valence-corrected chi connectivity index (χ0v) is 11.3. The number of hydrogen-bond donors (Lipinski definition) is 3. The van der Waals surface area contributed by atoms with Crippen molar-refractivity contribution < 1.29 is 10.2 Å². The predicted octanol–water partition coefficient (Wildman–Crippen LogP) is 1.94. The number of halogens is 2. The highest BCUT2D eigenvalue weighted by atomic mass is 79.9. The molecule has 1 atom stereocenters. The maximum absolute atomic E-state index is 9.57. The van der Waals surface area contributed by atoms with Crippen LogP contribution in [0.25, 0.3) is 0 Å². The highest BCUT2D eigenvalue weighted by Gasteiger charge is 2.17. The zero-order chi connectivity index (χ0) is 12.2. The van der Waals surface area contributed by atoms with Crippen LogP contribution < -0.4 is 5.32 Å². The lowest BCUT2D eigenvalue weighted by Gasteiger charge is -2.20. The average molecular weight is 309 g/mol. The second kappa shape index (κ2) is 5.98. The molecular weight excluding hydrogens is 293 g/mol. The van der Waals surface area contributed by atoms with Gasteiger partial charge in [-0.3, -0.25) is 0 Å². The highest BCUT2D eigenvalue weighted by Crippen LogP contribution is 2.21. The number of rotatable bonds is 5. The first kappa shape index (κ1) is 13.9. The average Bonchev–Trinajstić information content (AvgIpc) is 2.21. The monoisotopic (exact) mass is 307 g/mol. The van der Waals surface area contributed by atoms with E-state index in [4.69, 9.17) is 16.7 Å². The van der Waals surface area contributed by atoms with E-state index >= 15 is 0 Å². The molecule has 1 aromatic rings. The van der Waals surface area contributed by atoms with Gasteiger partial charge in [0.15, 0.2) is 0 Å². The summed E-state index contributed by atoms with van der Waals surface area (Å²) in [6.07, 6.45) is 0. The molecule has 5 heteroatoms. The molecule has 0 amide bonds. The first-order valence-corrected chi connectivity index (χ1v) is 6.09. The van der Waals surface area contributed by atoms with Crippen LogP contribution in [0.4, 0.5) is 0 Å². The molecule has 0 fully saturated rings. The molecule has 3 N–H and O–H groups in total. The van der Waals surface area contributed by atoms with Crippen molar-refractivity contribution in [1.29, 1.82) is 0 Å². The summed E-state index contributed by atoms with van der Waals surface area (Å²) in [5.74, 6) is 0. The van der Waals surface area contributed by atoms with Gasteiger partial charge in [0, 0.05) is 22.6 Å². The van der Waals surface area contributed by atoms with Crippen LogP contribution in [0.1, 0.15) is 12.5 Å². The van der Waals surface area contributed by atoms with Crippen LogP contribution in [0.2, 0.25) is 5.02 Å². The predicted molar refractivity (Wildman–Crippen MR) is 68.6 cm³/mol. The summed E-state index contributed by atoms with van der Waals surface area (Å²) in [6.45, 7) is 2.26. The zero-order valence-electron chi connectivity index (χ0n) is 9.00. The van der Waals surface area contributed by atoms with E-state index in [1.165, 1.54) is 0 Å². The Bertz CT molecular complexity index is 358. The fourth-order valence-electron chi connectivity index (χ4n) is 1.19. The lowest BCUT2D eigenvalue weighted by Crippen LogP contribution is -2.40. The summed E-state index contributed by atoms with van der Waals surface area (Å²) >= 11 is 9.23. The van der Waals surface area contributed by atoms with Gasteiger partial charge < -0.3 is 15.5 Å². The molecular formula is C11H15BrClNO2. The fraction of sp³-hybridized carbons (Fsp3) is 0.455. The number of aliphatic hydroxyl groups excluding tert-OH is 1. The first-order chi connectivity index (χ1) is 7.44. The van der Waals surface area contributed by atoms with E-state index in [1.807, 2.05) is 18.2 Å². The lowest BCUT2D eigenvalue weighted by molar-refractivity contribution is 0.00253. The largest absolute Gasteiger partial charge is 0.393 e. The van der Waals surface area contributed by atoms with Gasteiger partial charge in [-0.05, 0) is 24.6 Å². The van der Waals surface area contributed by atoms with E-state index in [2.05, 4.69) is 21.2 Å². The van der Waals surface area contributed by atoms with E-state index in [9.17, 15) is 5.11 Å². The number of aliphatic hydroxyl groups is 2.